The number of nitrogens with one attached hydrogen (secondary N) is 1. The van der Waals surface area contributed by atoms with Gasteiger partial charge in [0.1, 0.15) is 5.69 Å². The smallest absolute Gasteiger partial charge is 0.367 e. The standard InChI is InChI=1S/C28H30F3N5O3S/c1-19-15-21(6-7-23(19)25(37)16-20-4-5-20)24-17-33-27-26(32-9-8-28(29,30)31)34-22(18-36(24)27)3-2-10-35-11-13-40(38,39)14-12-35/h6-7,15,17-18,20H,4-5,8-14,16H2,1H3,(H,32,34). The van der Waals surface area contributed by atoms with Crippen LogP contribution in [-0.4, -0.2) is 77.3 Å². The Balaban J connectivity index is 1.43. The average Bonchev–Trinajstić information content (AvgIpc) is 3.59. The van der Waals surface area contributed by atoms with Crippen LogP contribution in [0.1, 0.15) is 47.3 Å². The Morgan fingerprint density at radius 3 is 2.62 bits per heavy atom. The fraction of sp³-hybridized carbons (Fsp3) is 0.464. The van der Waals surface area contributed by atoms with Crippen molar-refractivity contribution in [1.29, 1.82) is 0 Å². The van der Waals surface area contributed by atoms with Gasteiger partial charge in [-0.15, -0.1) is 0 Å². The molecule has 1 aromatic carbocycles. The fourth-order valence-electron chi connectivity index (χ4n) is 4.68. The van der Waals surface area contributed by atoms with E-state index >= 15 is 0 Å². The Morgan fingerprint density at radius 2 is 1.95 bits per heavy atom. The molecule has 40 heavy (non-hydrogen) atoms. The number of ketones is 1. The van der Waals surface area contributed by atoms with Gasteiger partial charge in [-0.2, -0.15) is 13.2 Å². The molecule has 0 atom stereocenters. The molecule has 0 spiro atoms. The van der Waals surface area contributed by atoms with E-state index in [1.54, 1.807) is 16.8 Å². The van der Waals surface area contributed by atoms with Crippen LogP contribution in [-0.2, 0) is 9.84 Å². The summed E-state index contributed by atoms with van der Waals surface area (Å²) >= 11 is 0. The molecule has 5 rings (SSSR count). The lowest BCUT2D eigenvalue weighted by molar-refractivity contribution is -0.131. The van der Waals surface area contributed by atoms with Crippen molar-refractivity contribution in [2.24, 2.45) is 5.92 Å². The number of aryl methyl sites for hydroxylation is 1. The minimum atomic E-state index is -4.32. The van der Waals surface area contributed by atoms with E-state index in [-0.39, 0.29) is 29.7 Å². The zero-order chi connectivity index (χ0) is 28.5. The highest BCUT2D eigenvalue weighted by Gasteiger charge is 2.27. The Labute approximate surface area is 230 Å². The monoisotopic (exact) mass is 573 g/mol. The van der Waals surface area contributed by atoms with Gasteiger partial charge in [-0.25, -0.2) is 18.4 Å². The highest BCUT2D eigenvalue weighted by molar-refractivity contribution is 7.91. The third-order valence-corrected chi connectivity index (χ3v) is 8.75. The van der Waals surface area contributed by atoms with Gasteiger partial charge in [-0.05, 0) is 43.2 Å². The molecule has 1 saturated carbocycles. The number of aromatic nitrogens is 3. The highest BCUT2D eigenvalue weighted by Crippen LogP contribution is 2.34. The van der Waals surface area contributed by atoms with Crippen molar-refractivity contribution in [3.63, 3.8) is 0 Å². The molecule has 0 radical (unpaired) electrons. The Kier molecular flexibility index (Phi) is 7.88. The molecule has 3 aromatic rings. The van der Waals surface area contributed by atoms with Crippen molar-refractivity contribution >= 4 is 27.1 Å². The Morgan fingerprint density at radius 1 is 1.20 bits per heavy atom. The van der Waals surface area contributed by atoms with Crippen LogP contribution in [0, 0.1) is 24.7 Å². The predicted octanol–water partition coefficient (Wildman–Crippen LogP) is 4.13. The summed E-state index contributed by atoms with van der Waals surface area (Å²) in [6, 6.07) is 5.58. The number of carbonyl (C=O) groups excluding carboxylic acids is 1. The van der Waals surface area contributed by atoms with Crippen molar-refractivity contribution in [2.75, 3.05) is 43.0 Å². The zero-order valence-corrected chi connectivity index (χ0v) is 22.9. The average molecular weight is 574 g/mol. The lowest BCUT2D eigenvalue weighted by atomic mass is 9.98. The van der Waals surface area contributed by atoms with Gasteiger partial charge >= 0.3 is 6.18 Å². The molecular weight excluding hydrogens is 543 g/mol. The molecule has 1 aliphatic carbocycles. The van der Waals surface area contributed by atoms with E-state index in [4.69, 9.17) is 0 Å². The molecule has 0 bridgehead atoms. The lowest BCUT2D eigenvalue weighted by Crippen LogP contribution is -2.40. The van der Waals surface area contributed by atoms with Gasteiger partial charge in [0.05, 0.1) is 36.4 Å². The number of hydrogen-bond donors (Lipinski definition) is 1. The number of benzene rings is 1. The summed E-state index contributed by atoms with van der Waals surface area (Å²) in [5, 5.41) is 2.75. The van der Waals surface area contributed by atoms with Crippen LogP contribution >= 0.6 is 0 Å². The molecule has 0 unspecified atom stereocenters. The Hall–Kier alpha value is -3.43. The first-order valence-electron chi connectivity index (χ1n) is 13.2. The van der Waals surface area contributed by atoms with Crippen molar-refractivity contribution in [1.82, 2.24) is 19.3 Å². The summed E-state index contributed by atoms with van der Waals surface area (Å²) in [6.45, 7) is 2.67. The predicted molar refractivity (Wildman–Crippen MR) is 146 cm³/mol. The first-order valence-corrected chi connectivity index (χ1v) is 15.0. The lowest BCUT2D eigenvalue weighted by Gasteiger charge is -2.24. The van der Waals surface area contributed by atoms with Gasteiger partial charge in [0.15, 0.2) is 27.1 Å². The van der Waals surface area contributed by atoms with Crippen molar-refractivity contribution < 1.29 is 26.4 Å². The van der Waals surface area contributed by atoms with E-state index in [1.807, 2.05) is 30.0 Å². The topological polar surface area (TPSA) is 96.7 Å². The van der Waals surface area contributed by atoms with Crippen LogP contribution in [0.15, 0.2) is 30.6 Å². The van der Waals surface area contributed by atoms with Gasteiger partial charge in [-0.1, -0.05) is 18.1 Å². The minimum Gasteiger partial charge on any atom is -0.367 e. The van der Waals surface area contributed by atoms with Crippen LogP contribution in [0.3, 0.4) is 0 Å². The number of fused-ring (bicyclic) bond motifs is 1. The molecule has 212 valence electrons. The fourth-order valence-corrected chi connectivity index (χ4v) is 5.96. The number of sulfone groups is 1. The number of rotatable bonds is 8. The Bertz CT molecular complexity index is 1590. The first kappa shape index (κ1) is 28.1. The first-order chi connectivity index (χ1) is 19.0. The van der Waals surface area contributed by atoms with E-state index in [2.05, 4.69) is 27.1 Å². The van der Waals surface area contributed by atoms with E-state index in [0.29, 0.717) is 54.6 Å². The van der Waals surface area contributed by atoms with Gasteiger partial charge in [0.2, 0.25) is 0 Å². The van der Waals surface area contributed by atoms with E-state index in [9.17, 15) is 26.4 Å². The molecule has 12 heteroatoms. The molecule has 1 saturated heterocycles. The van der Waals surface area contributed by atoms with Crippen LogP contribution in [0.2, 0.25) is 0 Å². The molecule has 3 heterocycles. The van der Waals surface area contributed by atoms with Gasteiger partial charge in [0.25, 0.3) is 0 Å². The highest BCUT2D eigenvalue weighted by atomic mass is 32.2. The van der Waals surface area contributed by atoms with Gasteiger partial charge < -0.3 is 5.32 Å². The minimum absolute atomic E-state index is 0.0922. The number of alkyl halides is 3. The second-order valence-electron chi connectivity index (χ2n) is 10.4. The van der Waals surface area contributed by atoms with Crippen LogP contribution < -0.4 is 5.32 Å². The van der Waals surface area contributed by atoms with Crippen LogP contribution in [0.5, 0.6) is 0 Å². The third kappa shape index (κ3) is 7.01. The summed E-state index contributed by atoms with van der Waals surface area (Å²) in [5.41, 5.74) is 3.71. The molecule has 2 fully saturated rings. The number of carbonyl (C=O) groups is 1. The maximum atomic E-state index is 12.8. The normalized spacial score (nSPS) is 17.4. The molecule has 1 aliphatic heterocycles. The molecular formula is C28H30F3N5O3S. The number of anilines is 1. The van der Waals surface area contributed by atoms with E-state index in [1.165, 1.54) is 0 Å². The van der Waals surface area contributed by atoms with E-state index < -0.39 is 22.4 Å². The maximum Gasteiger partial charge on any atom is 0.390 e. The van der Waals surface area contributed by atoms with Crippen LogP contribution in [0.4, 0.5) is 19.0 Å². The summed E-state index contributed by atoms with van der Waals surface area (Å²) in [4.78, 5) is 23.5. The van der Waals surface area contributed by atoms with Gasteiger partial charge in [-0.3, -0.25) is 14.1 Å². The van der Waals surface area contributed by atoms with Crippen LogP contribution in [0.25, 0.3) is 16.9 Å². The van der Waals surface area contributed by atoms with Crippen molar-refractivity contribution in [2.45, 2.75) is 38.8 Å². The number of halogens is 3. The van der Waals surface area contributed by atoms with Gasteiger partial charge in [0, 0.05) is 43.4 Å². The van der Waals surface area contributed by atoms with Crippen molar-refractivity contribution in [3.05, 3.63) is 47.4 Å². The number of nitrogens with zero attached hydrogens (tertiary/aromatic N) is 4. The molecule has 2 aliphatic rings. The molecule has 1 N–H and O–H groups in total. The zero-order valence-electron chi connectivity index (χ0n) is 22.1. The van der Waals surface area contributed by atoms with E-state index in [0.717, 1.165) is 24.0 Å². The maximum absolute atomic E-state index is 12.8. The SMILES string of the molecule is Cc1cc(-c2cnc3c(NCCC(F)(F)F)nc(C#CCN4CCS(=O)(=O)CC4)cn23)ccc1C(=O)CC1CC1. The van der Waals surface area contributed by atoms with Crippen molar-refractivity contribution in [3.8, 4) is 23.1 Å². The number of hydrogen-bond acceptors (Lipinski definition) is 7. The summed E-state index contributed by atoms with van der Waals surface area (Å²) in [6.07, 6.45) is 0.715. The number of imidazole rings is 1. The summed E-state index contributed by atoms with van der Waals surface area (Å²) in [7, 11) is -3.00. The molecule has 8 nitrogen and oxygen atoms in total. The largest absolute Gasteiger partial charge is 0.390 e. The second kappa shape index (κ2) is 11.2. The quantitative estimate of drug-likeness (QED) is 0.320. The molecule has 0 amide bonds. The molecule has 2 aromatic heterocycles. The summed E-state index contributed by atoms with van der Waals surface area (Å²) < 4.78 is 63.5. The summed E-state index contributed by atoms with van der Waals surface area (Å²) in [5.74, 6) is 6.97. The second-order valence-corrected chi connectivity index (χ2v) is 12.7. The third-order valence-electron chi connectivity index (χ3n) is 7.14. The number of Topliss-reactive ketones (excluding diaryl/α,β-unsaturated/α-hetero) is 1.